The quantitative estimate of drug-likeness (QED) is 0.614. The number of sulfonamides is 1. The van der Waals surface area contributed by atoms with Crippen molar-refractivity contribution in [3.63, 3.8) is 0 Å². The Morgan fingerprint density at radius 1 is 1.04 bits per heavy atom. The summed E-state index contributed by atoms with van der Waals surface area (Å²) in [7, 11) is -1.71. The van der Waals surface area contributed by atoms with E-state index in [2.05, 4.69) is 16.0 Å². The van der Waals surface area contributed by atoms with E-state index in [4.69, 9.17) is 0 Å². The van der Waals surface area contributed by atoms with Crippen molar-refractivity contribution in [3.8, 4) is 0 Å². The lowest BCUT2D eigenvalue weighted by molar-refractivity contribution is 0.463. The van der Waals surface area contributed by atoms with E-state index in [1.807, 2.05) is 47.0 Å². The van der Waals surface area contributed by atoms with Gasteiger partial charge in [-0.15, -0.1) is 0 Å². The number of imidazole rings is 1. The van der Waals surface area contributed by atoms with Crippen LogP contribution < -0.4 is 4.90 Å². The van der Waals surface area contributed by atoms with E-state index < -0.39 is 10.0 Å². The molecule has 148 valence electrons. The van der Waals surface area contributed by atoms with Gasteiger partial charge in [0.25, 0.3) is 0 Å². The molecule has 0 amide bonds. The van der Waals surface area contributed by atoms with E-state index in [1.54, 1.807) is 13.4 Å². The van der Waals surface area contributed by atoms with Crippen molar-refractivity contribution in [2.24, 2.45) is 0 Å². The van der Waals surface area contributed by atoms with Gasteiger partial charge in [0.2, 0.25) is 10.0 Å². The van der Waals surface area contributed by atoms with Gasteiger partial charge in [0.15, 0.2) is 0 Å². The van der Waals surface area contributed by atoms with Crippen molar-refractivity contribution < 1.29 is 8.42 Å². The third kappa shape index (κ3) is 3.91. The smallest absolute Gasteiger partial charge is 0.215 e. The van der Waals surface area contributed by atoms with Crippen LogP contribution in [-0.2, 0) is 23.1 Å². The molecule has 0 spiro atoms. The van der Waals surface area contributed by atoms with Crippen LogP contribution in [0.3, 0.4) is 0 Å². The first kappa shape index (κ1) is 19.0. The van der Waals surface area contributed by atoms with Gasteiger partial charge in [-0.3, -0.25) is 0 Å². The average Bonchev–Trinajstić information content (AvgIpc) is 3.37. The molecule has 0 atom stereocenters. The molecule has 3 aromatic rings. The summed E-state index contributed by atoms with van der Waals surface area (Å²) in [5.74, 6) is 0.0513. The van der Waals surface area contributed by atoms with E-state index in [1.165, 1.54) is 17.1 Å². The first-order valence-corrected chi connectivity index (χ1v) is 11.3. The molecule has 2 aromatic carbocycles. The lowest BCUT2D eigenvalue weighted by Crippen LogP contribution is -2.31. The number of nitrogens with zero attached hydrogens (tertiary/aromatic N) is 4. The third-order valence-corrected chi connectivity index (χ3v) is 7.20. The molecular weight excluding hydrogens is 372 g/mol. The summed E-state index contributed by atoms with van der Waals surface area (Å²) in [6.07, 6.45) is 4.10. The largest absolute Gasteiger partial charge is 0.371 e. The van der Waals surface area contributed by atoms with Crippen molar-refractivity contribution in [3.05, 3.63) is 60.4 Å². The maximum absolute atomic E-state index is 12.9. The molecule has 0 radical (unpaired) electrons. The zero-order valence-corrected chi connectivity index (χ0v) is 17.0. The second-order valence-corrected chi connectivity index (χ2v) is 9.52. The number of aryl methyl sites for hydroxylation is 1. The van der Waals surface area contributed by atoms with E-state index in [0.29, 0.717) is 13.1 Å². The monoisotopic (exact) mass is 398 g/mol. The van der Waals surface area contributed by atoms with Gasteiger partial charge in [-0.05, 0) is 36.6 Å². The summed E-state index contributed by atoms with van der Waals surface area (Å²) >= 11 is 0. The number of fused-ring (bicyclic) bond motifs is 1. The molecule has 0 aliphatic carbocycles. The second-order valence-electron chi connectivity index (χ2n) is 7.32. The number of para-hydroxylation sites is 3. The van der Waals surface area contributed by atoms with Gasteiger partial charge in [-0.2, -0.15) is 0 Å². The van der Waals surface area contributed by atoms with Crippen molar-refractivity contribution in [2.45, 2.75) is 25.9 Å². The highest BCUT2D eigenvalue weighted by atomic mass is 32.2. The molecule has 0 saturated carbocycles. The number of anilines is 1. The summed E-state index contributed by atoms with van der Waals surface area (Å²) < 4.78 is 29.1. The van der Waals surface area contributed by atoms with Gasteiger partial charge in [-0.1, -0.05) is 30.3 Å². The molecule has 7 heteroatoms. The van der Waals surface area contributed by atoms with Crippen LogP contribution in [0.1, 0.15) is 18.4 Å². The average molecular weight is 399 g/mol. The predicted octanol–water partition coefficient (Wildman–Crippen LogP) is 3.10. The number of benzene rings is 2. The molecule has 1 aromatic heterocycles. The van der Waals surface area contributed by atoms with Gasteiger partial charge in [0.05, 0.1) is 23.1 Å². The van der Waals surface area contributed by atoms with Crippen molar-refractivity contribution >= 4 is 26.7 Å². The Balaban J connectivity index is 1.46. The third-order valence-electron chi connectivity index (χ3n) is 5.42. The standard InChI is InChI=1S/C21H26N4O2S/c1-23(16-18-8-2-4-10-20(18)24-12-6-7-13-24)28(26,27)15-14-25-17-22-19-9-3-5-11-21(19)25/h2-5,8-11,17H,6-7,12-16H2,1H3. The normalized spacial score (nSPS) is 15.0. The number of rotatable bonds is 7. The van der Waals surface area contributed by atoms with Gasteiger partial charge < -0.3 is 9.47 Å². The molecule has 1 aliphatic rings. The Morgan fingerprint density at radius 2 is 1.75 bits per heavy atom. The first-order chi connectivity index (χ1) is 13.5. The van der Waals surface area contributed by atoms with Crippen LogP contribution in [0.4, 0.5) is 5.69 Å². The fourth-order valence-electron chi connectivity index (χ4n) is 3.81. The SMILES string of the molecule is CN(Cc1ccccc1N1CCCC1)S(=O)(=O)CCn1cnc2ccccc21. The first-order valence-electron chi connectivity index (χ1n) is 9.71. The highest BCUT2D eigenvalue weighted by Gasteiger charge is 2.22. The predicted molar refractivity (Wildman–Crippen MR) is 113 cm³/mol. The molecule has 2 heterocycles. The number of aromatic nitrogens is 2. The number of hydrogen-bond donors (Lipinski definition) is 0. The van der Waals surface area contributed by atoms with Crippen LogP contribution >= 0.6 is 0 Å². The number of hydrogen-bond acceptors (Lipinski definition) is 4. The Labute approximate surface area is 166 Å². The maximum atomic E-state index is 12.9. The Bertz CT molecular complexity index is 1050. The fraction of sp³-hybridized carbons (Fsp3) is 0.381. The lowest BCUT2D eigenvalue weighted by atomic mass is 10.1. The van der Waals surface area contributed by atoms with Crippen molar-refractivity contribution in [1.82, 2.24) is 13.9 Å². The molecule has 1 saturated heterocycles. The molecule has 28 heavy (non-hydrogen) atoms. The minimum Gasteiger partial charge on any atom is -0.371 e. The summed E-state index contributed by atoms with van der Waals surface area (Å²) in [6.45, 7) is 2.86. The molecular formula is C21H26N4O2S. The highest BCUT2D eigenvalue weighted by molar-refractivity contribution is 7.89. The molecule has 4 rings (SSSR count). The van der Waals surface area contributed by atoms with Crippen LogP contribution in [0.5, 0.6) is 0 Å². The van der Waals surface area contributed by atoms with Crippen LogP contribution in [0.15, 0.2) is 54.9 Å². The Morgan fingerprint density at radius 3 is 2.57 bits per heavy atom. The van der Waals surface area contributed by atoms with Gasteiger partial charge in [0, 0.05) is 38.9 Å². The van der Waals surface area contributed by atoms with Crippen molar-refractivity contribution in [2.75, 3.05) is 30.8 Å². The molecule has 1 fully saturated rings. The minimum atomic E-state index is -3.38. The van der Waals surface area contributed by atoms with Crippen molar-refractivity contribution in [1.29, 1.82) is 0 Å². The Hall–Kier alpha value is -2.38. The minimum absolute atomic E-state index is 0.0513. The van der Waals surface area contributed by atoms with E-state index in [0.717, 1.165) is 35.4 Å². The molecule has 1 aliphatic heterocycles. The zero-order valence-electron chi connectivity index (χ0n) is 16.2. The second kappa shape index (κ2) is 7.93. The van der Waals surface area contributed by atoms with Gasteiger partial charge in [-0.25, -0.2) is 17.7 Å². The van der Waals surface area contributed by atoms with Crippen LogP contribution in [0.2, 0.25) is 0 Å². The zero-order chi connectivity index (χ0) is 19.6. The van der Waals surface area contributed by atoms with Crippen LogP contribution in [0, 0.1) is 0 Å². The summed E-state index contributed by atoms with van der Waals surface area (Å²) in [4.78, 5) is 6.69. The Kier molecular flexibility index (Phi) is 5.37. The van der Waals surface area contributed by atoms with Gasteiger partial charge in [0.1, 0.15) is 0 Å². The lowest BCUT2D eigenvalue weighted by Gasteiger charge is -2.24. The topological polar surface area (TPSA) is 58.4 Å². The van der Waals surface area contributed by atoms with Crippen LogP contribution in [0.25, 0.3) is 11.0 Å². The summed E-state index contributed by atoms with van der Waals surface area (Å²) in [5, 5.41) is 0. The van der Waals surface area contributed by atoms with E-state index in [-0.39, 0.29) is 5.75 Å². The highest BCUT2D eigenvalue weighted by Crippen LogP contribution is 2.26. The molecule has 0 unspecified atom stereocenters. The summed E-state index contributed by atoms with van der Waals surface area (Å²) in [5.41, 5.74) is 4.05. The summed E-state index contributed by atoms with van der Waals surface area (Å²) in [6, 6.07) is 15.9. The van der Waals surface area contributed by atoms with E-state index >= 15 is 0 Å². The van der Waals surface area contributed by atoms with Gasteiger partial charge >= 0.3 is 0 Å². The van der Waals surface area contributed by atoms with E-state index in [9.17, 15) is 8.42 Å². The maximum Gasteiger partial charge on any atom is 0.215 e. The van der Waals surface area contributed by atoms with Crippen LogP contribution in [-0.4, -0.2) is 48.2 Å². The fourth-order valence-corrected chi connectivity index (χ4v) is 4.88. The molecule has 6 nitrogen and oxygen atoms in total. The molecule has 0 bridgehead atoms. The molecule has 0 N–H and O–H groups in total.